The summed E-state index contributed by atoms with van der Waals surface area (Å²) < 4.78 is 9.35. The lowest BCUT2D eigenvalue weighted by atomic mass is 10.1. The molecule has 90 heavy (non-hydrogen) atoms. The van der Waals surface area contributed by atoms with Gasteiger partial charge in [0.15, 0.2) is 5.58 Å². The van der Waals surface area contributed by atoms with Crippen LogP contribution in [0.1, 0.15) is 0 Å². The van der Waals surface area contributed by atoms with Crippen molar-refractivity contribution >= 4 is 94.9 Å². The van der Waals surface area contributed by atoms with Crippen LogP contribution in [0.25, 0.3) is 71.5 Å². The molecule has 3 heterocycles. The molecule has 9 heteroatoms. The van der Waals surface area contributed by atoms with E-state index in [4.69, 9.17) is 14.4 Å². The number of thiazole rings is 1. The van der Waals surface area contributed by atoms with E-state index in [1.165, 1.54) is 4.70 Å². The fourth-order valence-electron chi connectivity index (χ4n) is 11.1. The second kappa shape index (κ2) is 26.4. The van der Waals surface area contributed by atoms with Crippen molar-refractivity contribution in [1.29, 1.82) is 0 Å². The molecule has 0 aliphatic rings. The smallest absolute Gasteiger partial charge is 0.227 e. The van der Waals surface area contributed by atoms with E-state index < -0.39 is 0 Å². The van der Waals surface area contributed by atoms with Crippen LogP contribution in [0.15, 0.2) is 362 Å². The van der Waals surface area contributed by atoms with Crippen molar-refractivity contribution in [3.05, 3.63) is 358 Å². The van der Waals surface area contributed by atoms with Gasteiger partial charge in [0, 0.05) is 73.6 Å². The van der Waals surface area contributed by atoms with E-state index in [1.54, 1.807) is 11.3 Å². The van der Waals surface area contributed by atoms with Gasteiger partial charge in [0.25, 0.3) is 0 Å². The molecular weight excluding hydrogens is 1120 g/mol. The van der Waals surface area contributed by atoms with Crippen molar-refractivity contribution in [3.63, 3.8) is 0 Å². The normalized spacial score (nSPS) is 10.9. The van der Waals surface area contributed by atoms with Gasteiger partial charge < -0.3 is 19.1 Å². The maximum Gasteiger partial charge on any atom is 0.227 e. The van der Waals surface area contributed by atoms with Crippen LogP contribution in [0.3, 0.4) is 0 Å². The Balaban J connectivity index is 0.000000119. The van der Waals surface area contributed by atoms with E-state index in [1.807, 2.05) is 78.9 Å². The molecular formula is C81H59N7OS. The average molecular weight is 1180 g/mol. The number of aromatic nitrogens is 4. The maximum absolute atomic E-state index is 5.90. The Hall–Kier alpha value is -11.9. The Morgan fingerprint density at radius 2 is 0.611 bits per heavy atom. The molecule has 13 aromatic carbocycles. The molecule has 0 radical (unpaired) electrons. The van der Waals surface area contributed by atoms with Crippen LogP contribution in [0.5, 0.6) is 0 Å². The Morgan fingerprint density at radius 1 is 0.267 bits per heavy atom. The first kappa shape index (κ1) is 55.9. The van der Waals surface area contributed by atoms with Gasteiger partial charge in [0.2, 0.25) is 5.89 Å². The van der Waals surface area contributed by atoms with Gasteiger partial charge in [-0.25, -0.2) is 15.0 Å². The average Bonchev–Trinajstić information content (AvgIpc) is 1.78. The summed E-state index contributed by atoms with van der Waals surface area (Å²) in [5.74, 6) is 1.57. The molecule has 0 saturated carbocycles. The van der Waals surface area contributed by atoms with Crippen LogP contribution in [0.2, 0.25) is 0 Å². The molecule has 16 aromatic rings. The van der Waals surface area contributed by atoms with Gasteiger partial charge in [-0.3, -0.25) is 4.57 Å². The van der Waals surface area contributed by atoms with Gasteiger partial charge in [-0.15, -0.1) is 11.3 Å². The molecule has 16 rings (SSSR count). The lowest BCUT2D eigenvalue weighted by Crippen LogP contribution is -2.09. The van der Waals surface area contributed by atoms with Crippen molar-refractivity contribution in [2.24, 2.45) is 0 Å². The molecule has 8 nitrogen and oxygen atoms in total. The van der Waals surface area contributed by atoms with Crippen molar-refractivity contribution in [1.82, 2.24) is 19.5 Å². The monoisotopic (exact) mass is 1180 g/mol. The molecule has 0 aliphatic heterocycles. The van der Waals surface area contributed by atoms with Gasteiger partial charge in [-0.1, -0.05) is 164 Å². The minimum atomic E-state index is 0.638. The molecule has 0 saturated heterocycles. The second-order valence-electron chi connectivity index (χ2n) is 21.2. The van der Waals surface area contributed by atoms with Crippen LogP contribution in [-0.4, -0.2) is 19.5 Å². The van der Waals surface area contributed by atoms with Gasteiger partial charge >= 0.3 is 0 Å². The predicted octanol–water partition coefficient (Wildman–Crippen LogP) is 22.6. The van der Waals surface area contributed by atoms with Crippen molar-refractivity contribution in [2.75, 3.05) is 14.7 Å². The number of anilines is 9. The first-order chi connectivity index (χ1) is 44.6. The summed E-state index contributed by atoms with van der Waals surface area (Å²) in [6.45, 7) is 0. The number of para-hydroxylation sites is 12. The third-order valence-corrected chi connectivity index (χ3v) is 16.5. The fourth-order valence-corrected chi connectivity index (χ4v) is 12.1. The van der Waals surface area contributed by atoms with Crippen LogP contribution in [-0.2, 0) is 0 Å². The molecule has 0 spiro atoms. The fraction of sp³-hybridized carbons (Fsp3) is 0. The zero-order chi connectivity index (χ0) is 60.3. The molecule has 0 amide bonds. The molecule has 0 N–H and O–H groups in total. The Bertz CT molecular complexity index is 4530. The quantitative estimate of drug-likeness (QED) is 0.114. The maximum atomic E-state index is 5.90. The minimum absolute atomic E-state index is 0.638. The Kier molecular flexibility index (Phi) is 16.4. The topological polar surface area (TPSA) is 66.5 Å². The first-order valence-electron chi connectivity index (χ1n) is 29.9. The predicted molar refractivity (Wildman–Crippen MR) is 375 cm³/mol. The Morgan fingerprint density at radius 3 is 1.04 bits per heavy atom. The van der Waals surface area contributed by atoms with Gasteiger partial charge in [-0.05, 0) is 194 Å². The SMILES string of the molecule is c1ccc(N(c2ccccc2)c2ccc(-c3nc4ccccc4n3-c3ccccc3)cc2)cc1.c1ccc(N(c2ccccc2)c2ccc(-c3nc4ccccc4o3)cc2)cc1.c1ccc(N(c2ccccc2)c2ccc(-c3nc4ccccc4s3)cc2)cc1. The van der Waals surface area contributed by atoms with Crippen LogP contribution >= 0.6 is 11.3 Å². The van der Waals surface area contributed by atoms with E-state index in [9.17, 15) is 0 Å². The van der Waals surface area contributed by atoms with Gasteiger partial charge in [-0.2, -0.15) is 0 Å². The van der Waals surface area contributed by atoms with Crippen LogP contribution < -0.4 is 14.7 Å². The molecule has 0 bridgehead atoms. The molecule has 0 fully saturated rings. The van der Waals surface area contributed by atoms with E-state index in [-0.39, 0.29) is 0 Å². The number of benzene rings is 13. The van der Waals surface area contributed by atoms with E-state index in [0.29, 0.717) is 5.89 Å². The number of hydrogen-bond acceptors (Lipinski definition) is 8. The highest BCUT2D eigenvalue weighted by molar-refractivity contribution is 7.21. The summed E-state index contributed by atoms with van der Waals surface area (Å²) in [5, 5.41) is 1.05. The standard InChI is InChI=1S/C31H23N3.C25H18N2O.C25H18N2S/c1-4-12-25(13-5-1)33(26-14-6-2-7-15-26)28-22-20-24(21-23-28)31-32-29-18-10-11-19-30(29)34(31)27-16-8-3-9-17-27;2*1-3-9-20(10-4-1)27(21-11-5-2-6-12-21)22-17-15-19(16-18-22)25-26-23-13-7-8-14-24(23)28-25/h1-23H;2*1-18H. The first-order valence-corrected chi connectivity index (χ1v) is 30.7. The van der Waals surface area contributed by atoms with Crippen molar-refractivity contribution < 1.29 is 4.42 Å². The van der Waals surface area contributed by atoms with Gasteiger partial charge in [0.05, 0.1) is 21.3 Å². The number of imidazole rings is 1. The van der Waals surface area contributed by atoms with Crippen LogP contribution in [0.4, 0.5) is 51.2 Å². The van der Waals surface area contributed by atoms with Crippen molar-refractivity contribution in [3.8, 4) is 39.1 Å². The molecule has 430 valence electrons. The largest absolute Gasteiger partial charge is 0.436 e. The number of nitrogens with zero attached hydrogens (tertiary/aromatic N) is 7. The highest BCUT2D eigenvalue weighted by Crippen LogP contribution is 2.40. The van der Waals surface area contributed by atoms with Crippen molar-refractivity contribution in [2.45, 2.75) is 0 Å². The molecule has 0 atom stereocenters. The number of oxazole rings is 1. The van der Waals surface area contributed by atoms with Gasteiger partial charge in [0.1, 0.15) is 16.3 Å². The third kappa shape index (κ3) is 12.3. The number of hydrogen-bond donors (Lipinski definition) is 0. The summed E-state index contributed by atoms with van der Waals surface area (Å²) in [6.07, 6.45) is 0. The lowest BCUT2D eigenvalue weighted by molar-refractivity contribution is 0.620. The van der Waals surface area contributed by atoms with E-state index in [0.717, 1.165) is 112 Å². The van der Waals surface area contributed by atoms with E-state index in [2.05, 4.69) is 303 Å². The highest BCUT2D eigenvalue weighted by Gasteiger charge is 2.19. The second-order valence-corrected chi connectivity index (χ2v) is 22.3. The summed E-state index contributed by atoms with van der Waals surface area (Å²) in [7, 11) is 0. The molecule has 0 unspecified atom stereocenters. The van der Waals surface area contributed by atoms with Crippen LogP contribution in [0, 0.1) is 0 Å². The lowest BCUT2D eigenvalue weighted by Gasteiger charge is -2.25. The molecule has 3 aromatic heterocycles. The van der Waals surface area contributed by atoms with E-state index >= 15 is 0 Å². The molecule has 0 aliphatic carbocycles. The zero-order valence-electron chi connectivity index (χ0n) is 49.0. The summed E-state index contributed by atoms with van der Waals surface area (Å²) in [4.78, 5) is 21.1. The summed E-state index contributed by atoms with van der Waals surface area (Å²) >= 11 is 1.73. The highest BCUT2D eigenvalue weighted by atomic mass is 32.1. The zero-order valence-corrected chi connectivity index (χ0v) is 49.8. The minimum Gasteiger partial charge on any atom is -0.436 e. The number of rotatable bonds is 13. The summed E-state index contributed by atoms with van der Waals surface area (Å²) in [5.41, 5.74) is 19.2. The number of fused-ring (bicyclic) bond motifs is 3. The Labute approximate surface area is 527 Å². The third-order valence-electron chi connectivity index (χ3n) is 15.4. The summed E-state index contributed by atoms with van der Waals surface area (Å²) in [6, 6.07) is 123.